The van der Waals surface area contributed by atoms with Crippen LogP contribution in [0.15, 0.2) is 42.6 Å². The highest BCUT2D eigenvalue weighted by Crippen LogP contribution is 2.23. The summed E-state index contributed by atoms with van der Waals surface area (Å²) in [6.45, 7) is 1.83. The Balaban J connectivity index is 1.62. The first kappa shape index (κ1) is 15.8. The number of anilines is 1. The Bertz CT molecular complexity index is 763. The highest BCUT2D eigenvalue weighted by Gasteiger charge is 2.25. The van der Waals surface area contributed by atoms with Gasteiger partial charge in [-0.3, -0.25) is 4.79 Å². The van der Waals surface area contributed by atoms with Crippen molar-refractivity contribution >= 4 is 11.6 Å². The standard InChI is InChI=1S/C18H18N4O2/c1-12(18(23)22-14-6-7-14)21-15-3-2-4-16(9-15)24-17-8-5-13(10-19)11-20-17/h2-5,8-9,11-12,14,21H,6-7H2,1H3,(H,22,23). The van der Waals surface area contributed by atoms with Crippen molar-refractivity contribution < 1.29 is 9.53 Å². The molecular weight excluding hydrogens is 304 g/mol. The average molecular weight is 322 g/mol. The molecule has 6 nitrogen and oxygen atoms in total. The lowest BCUT2D eigenvalue weighted by atomic mass is 10.2. The summed E-state index contributed by atoms with van der Waals surface area (Å²) in [6, 6.07) is 12.7. The van der Waals surface area contributed by atoms with E-state index in [2.05, 4.69) is 15.6 Å². The van der Waals surface area contributed by atoms with Crippen LogP contribution >= 0.6 is 0 Å². The van der Waals surface area contributed by atoms with Crippen molar-refractivity contribution in [3.8, 4) is 17.7 Å². The van der Waals surface area contributed by atoms with Crippen LogP contribution in [0.4, 0.5) is 5.69 Å². The number of benzene rings is 1. The van der Waals surface area contributed by atoms with E-state index in [-0.39, 0.29) is 11.9 Å². The van der Waals surface area contributed by atoms with Gasteiger partial charge >= 0.3 is 0 Å². The topological polar surface area (TPSA) is 87.0 Å². The SMILES string of the molecule is CC(Nc1cccc(Oc2ccc(C#N)cn2)c1)C(=O)NC1CC1. The number of rotatable bonds is 6. The lowest BCUT2D eigenvalue weighted by molar-refractivity contribution is -0.121. The van der Waals surface area contributed by atoms with Gasteiger partial charge in [0.2, 0.25) is 11.8 Å². The predicted octanol–water partition coefficient (Wildman–Crippen LogP) is 2.82. The van der Waals surface area contributed by atoms with E-state index in [4.69, 9.17) is 10.00 Å². The van der Waals surface area contributed by atoms with Crippen LogP contribution in [0.5, 0.6) is 11.6 Å². The van der Waals surface area contributed by atoms with E-state index in [9.17, 15) is 4.79 Å². The minimum absolute atomic E-state index is 0.00224. The van der Waals surface area contributed by atoms with Gasteiger partial charge in [0.1, 0.15) is 17.9 Å². The number of pyridine rings is 1. The number of carbonyl (C=O) groups is 1. The third kappa shape index (κ3) is 4.23. The van der Waals surface area contributed by atoms with Crippen LogP contribution in [0.2, 0.25) is 0 Å². The highest BCUT2D eigenvalue weighted by atomic mass is 16.5. The smallest absolute Gasteiger partial charge is 0.242 e. The number of hydrogen-bond donors (Lipinski definition) is 2. The molecular formula is C18H18N4O2. The molecule has 1 aliphatic carbocycles. The molecule has 3 rings (SSSR count). The number of nitrogens with zero attached hydrogens (tertiary/aromatic N) is 2. The molecule has 1 aromatic heterocycles. The Kier molecular flexibility index (Phi) is 4.62. The molecule has 122 valence electrons. The van der Waals surface area contributed by atoms with E-state index in [1.54, 1.807) is 24.3 Å². The van der Waals surface area contributed by atoms with Crippen LogP contribution in [0.1, 0.15) is 25.3 Å². The summed E-state index contributed by atoms with van der Waals surface area (Å²) in [6.07, 6.45) is 3.60. The molecule has 2 aromatic rings. The zero-order chi connectivity index (χ0) is 16.9. The van der Waals surface area contributed by atoms with Gasteiger partial charge in [0.25, 0.3) is 0 Å². The molecule has 0 bridgehead atoms. The third-order valence-corrected chi connectivity index (χ3v) is 3.62. The first-order valence-corrected chi connectivity index (χ1v) is 7.85. The largest absolute Gasteiger partial charge is 0.439 e. The van der Waals surface area contributed by atoms with Gasteiger partial charge in [-0.05, 0) is 38.0 Å². The molecule has 1 unspecified atom stereocenters. The van der Waals surface area contributed by atoms with Crippen molar-refractivity contribution in [3.05, 3.63) is 48.2 Å². The van der Waals surface area contributed by atoms with Crippen molar-refractivity contribution in [2.45, 2.75) is 31.8 Å². The molecule has 2 N–H and O–H groups in total. The van der Waals surface area contributed by atoms with Crippen molar-refractivity contribution in [3.63, 3.8) is 0 Å². The van der Waals surface area contributed by atoms with Gasteiger partial charge in [0, 0.05) is 30.1 Å². The van der Waals surface area contributed by atoms with Crippen molar-refractivity contribution in [1.29, 1.82) is 5.26 Å². The molecule has 24 heavy (non-hydrogen) atoms. The summed E-state index contributed by atoms with van der Waals surface area (Å²) in [5.74, 6) is 1.01. The van der Waals surface area contributed by atoms with Crippen molar-refractivity contribution in [1.82, 2.24) is 10.3 Å². The maximum Gasteiger partial charge on any atom is 0.242 e. The molecule has 1 heterocycles. The Hall–Kier alpha value is -3.07. The Morgan fingerprint density at radius 3 is 2.88 bits per heavy atom. The molecule has 1 aromatic carbocycles. The second kappa shape index (κ2) is 7.01. The molecule has 1 fully saturated rings. The van der Waals surface area contributed by atoms with Crippen LogP contribution in [0.3, 0.4) is 0 Å². The Morgan fingerprint density at radius 1 is 1.38 bits per heavy atom. The van der Waals surface area contributed by atoms with Gasteiger partial charge in [0.15, 0.2) is 0 Å². The van der Waals surface area contributed by atoms with Crippen LogP contribution in [0, 0.1) is 11.3 Å². The minimum atomic E-state index is -0.325. The van der Waals surface area contributed by atoms with E-state index >= 15 is 0 Å². The van der Waals surface area contributed by atoms with Crippen molar-refractivity contribution in [2.24, 2.45) is 0 Å². The Morgan fingerprint density at radius 2 is 2.21 bits per heavy atom. The number of hydrogen-bond acceptors (Lipinski definition) is 5. The summed E-state index contributed by atoms with van der Waals surface area (Å²) >= 11 is 0. The lowest BCUT2D eigenvalue weighted by Gasteiger charge is -2.15. The van der Waals surface area contributed by atoms with Crippen LogP contribution in [-0.2, 0) is 4.79 Å². The van der Waals surface area contributed by atoms with Crippen molar-refractivity contribution in [2.75, 3.05) is 5.32 Å². The first-order chi connectivity index (χ1) is 11.6. The van der Waals surface area contributed by atoms with Gasteiger partial charge in [0.05, 0.1) is 5.56 Å². The van der Waals surface area contributed by atoms with E-state index in [0.29, 0.717) is 23.2 Å². The first-order valence-electron chi connectivity index (χ1n) is 7.85. The van der Waals surface area contributed by atoms with Crippen LogP contribution in [-0.4, -0.2) is 23.0 Å². The van der Waals surface area contributed by atoms with Gasteiger partial charge in [-0.1, -0.05) is 6.07 Å². The number of aromatic nitrogens is 1. The van der Waals surface area contributed by atoms with Gasteiger partial charge in [-0.25, -0.2) is 4.98 Å². The molecule has 0 spiro atoms. The summed E-state index contributed by atoms with van der Waals surface area (Å²) in [7, 11) is 0. The predicted molar refractivity (Wildman–Crippen MR) is 89.7 cm³/mol. The molecule has 1 saturated carbocycles. The molecule has 6 heteroatoms. The van der Waals surface area contributed by atoms with Crippen LogP contribution in [0.25, 0.3) is 0 Å². The fourth-order valence-electron chi connectivity index (χ4n) is 2.15. The molecule has 0 aliphatic heterocycles. The molecule has 0 radical (unpaired) electrons. The number of ether oxygens (including phenoxy) is 1. The van der Waals surface area contributed by atoms with Gasteiger partial charge < -0.3 is 15.4 Å². The monoisotopic (exact) mass is 322 g/mol. The fourth-order valence-corrected chi connectivity index (χ4v) is 2.15. The second-order valence-electron chi connectivity index (χ2n) is 5.78. The third-order valence-electron chi connectivity index (χ3n) is 3.62. The number of nitriles is 1. The number of amides is 1. The second-order valence-corrected chi connectivity index (χ2v) is 5.78. The molecule has 1 amide bonds. The molecule has 1 atom stereocenters. The van der Waals surface area contributed by atoms with E-state index in [1.807, 2.05) is 25.1 Å². The maximum absolute atomic E-state index is 12.0. The van der Waals surface area contributed by atoms with Crippen LogP contribution < -0.4 is 15.4 Å². The fraction of sp³-hybridized carbons (Fsp3) is 0.278. The Labute approximate surface area is 140 Å². The average Bonchev–Trinajstić information content (AvgIpc) is 3.40. The summed E-state index contributed by atoms with van der Waals surface area (Å²) in [4.78, 5) is 16.1. The molecule has 1 aliphatic rings. The maximum atomic E-state index is 12.0. The molecule has 0 saturated heterocycles. The minimum Gasteiger partial charge on any atom is -0.439 e. The van der Waals surface area contributed by atoms with E-state index in [0.717, 1.165) is 18.5 Å². The van der Waals surface area contributed by atoms with E-state index in [1.165, 1.54) is 6.20 Å². The zero-order valence-electron chi connectivity index (χ0n) is 13.3. The quantitative estimate of drug-likeness (QED) is 0.854. The zero-order valence-corrected chi connectivity index (χ0v) is 13.3. The highest BCUT2D eigenvalue weighted by molar-refractivity contribution is 5.84. The normalized spacial score (nSPS) is 14.3. The van der Waals surface area contributed by atoms with Gasteiger partial charge in [-0.15, -0.1) is 0 Å². The summed E-state index contributed by atoms with van der Waals surface area (Å²) < 4.78 is 5.67. The lowest BCUT2D eigenvalue weighted by Crippen LogP contribution is -2.38. The number of nitrogens with one attached hydrogen (secondary N) is 2. The van der Waals surface area contributed by atoms with E-state index < -0.39 is 0 Å². The summed E-state index contributed by atoms with van der Waals surface area (Å²) in [5, 5.41) is 14.9. The van der Waals surface area contributed by atoms with Gasteiger partial charge in [-0.2, -0.15) is 5.26 Å². The number of carbonyl (C=O) groups excluding carboxylic acids is 1. The summed E-state index contributed by atoms with van der Waals surface area (Å²) in [5.41, 5.74) is 1.27.